The molecule has 0 radical (unpaired) electrons. The molecular weight excluding hydrogens is 1130 g/mol. The van der Waals surface area contributed by atoms with E-state index >= 15 is 0 Å². The van der Waals surface area contributed by atoms with Crippen LogP contribution in [0.25, 0.3) is 22.3 Å². The Labute approximate surface area is 566 Å². The Balaban J connectivity index is 1.20. The molecule has 0 saturated carbocycles. The van der Waals surface area contributed by atoms with Crippen molar-refractivity contribution in [2.24, 2.45) is 0 Å². The van der Waals surface area contributed by atoms with Crippen molar-refractivity contribution in [3.8, 4) is 22.3 Å². The predicted octanol–water partition coefficient (Wildman–Crippen LogP) is 23.4. The van der Waals surface area contributed by atoms with Gasteiger partial charge in [-0.15, -0.1) is 0 Å². The number of hydrogen-bond acceptors (Lipinski definition) is 3. The number of anilines is 9. The smallest absolute Gasteiger partial charge is 0.252 e. The first-order valence-corrected chi connectivity index (χ1v) is 35.4. The van der Waals surface area contributed by atoms with Gasteiger partial charge in [-0.1, -0.05) is 249 Å². The number of fused-ring (bicyclic) bond motifs is 10. The van der Waals surface area contributed by atoms with Crippen molar-refractivity contribution in [3.63, 3.8) is 0 Å². The van der Waals surface area contributed by atoms with E-state index in [1.54, 1.807) is 0 Å². The molecule has 0 spiro atoms. The Kier molecular flexibility index (Phi) is 14.2. The molecule has 9 aromatic carbocycles. The van der Waals surface area contributed by atoms with Crippen molar-refractivity contribution >= 4 is 74.3 Å². The number of nitrogens with zero attached hydrogens (tertiary/aromatic N) is 3. The molecule has 2 heterocycles. The lowest BCUT2D eigenvalue weighted by atomic mass is 9.33. The molecule has 5 aliphatic rings. The van der Waals surface area contributed by atoms with Crippen LogP contribution in [0.2, 0.25) is 0 Å². The highest BCUT2D eigenvalue weighted by molar-refractivity contribution is 7.00. The largest absolute Gasteiger partial charge is 0.311 e. The summed E-state index contributed by atoms with van der Waals surface area (Å²) in [4.78, 5) is 8.13. The Bertz CT molecular complexity index is 4500. The lowest BCUT2D eigenvalue weighted by Gasteiger charge is -2.48. The second-order valence-electron chi connectivity index (χ2n) is 36.5. The summed E-state index contributed by atoms with van der Waals surface area (Å²) in [6.07, 6.45) is 4.59. The van der Waals surface area contributed by atoms with Crippen molar-refractivity contribution in [2.75, 3.05) is 14.7 Å². The lowest BCUT2D eigenvalue weighted by molar-refractivity contribution is 0.331. The Morgan fingerprint density at radius 1 is 0.351 bits per heavy atom. The average molecular weight is 1240 g/mol. The van der Waals surface area contributed by atoms with Gasteiger partial charge < -0.3 is 14.7 Å². The van der Waals surface area contributed by atoms with Crippen LogP contribution in [0, 0.1) is 6.92 Å². The molecule has 94 heavy (non-hydrogen) atoms. The zero-order chi connectivity index (χ0) is 67.3. The van der Waals surface area contributed by atoms with E-state index in [9.17, 15) is 0 Å². The van der Waals surface area contributed by atoms with Gasteiger partial charge in [-0.2, -0.15) is 0 Å². The topological polar surface area (TPSA) is 9.72 Å². The quantitative estimate of drug-likeness (QED) is 0.154. The van der Waals surface area contributed by atoms with Crippen LogP contribution in [0.3, 0.4) is 0 Å². The summed E-state index contributed by atoms with van der Waals surface area (Å²) >= 11 is 0. The molecule has 482 valence electrons. The molecule has 0 aromatic heterocycles. The van der Waals surface area contributed by atoms with Gasteiger partial charge >= 0.3 is 0 Å². The fourth-order valence-corrected chi connectivity index (χ4v) is 17.1. The highest BCUT2D eigenvalue weighted by atomic mass is 15.2. The van der Waals surface area contributed by atoms with E-state index in [0.29, 0.717) is 0 Å². The Morgan fingerprint density at radius 3 is 1.32 bits per heavy atom. The van der Waals surface area contributed by atoms with Crippen LogP contribution in [-0.4, -0.2) is 6.71 Å². The molecule has 3 nitrogen and oxygen atoms in total. The molecule has 2 aliphatic heterocycles. The number of rotatable bonds is 6. The third-order valence-corrected chi connectivity index (χ3v) is 23.5. The zero-order valence-electron chi connectivity index (χ0n) is 61.3. The predicted molar refractivity (Wildman–Crippen MR) is 408 cm³/mol. The molecule has 0 unspecified atom stereocenters. The maximum Gasteiger partial charge on any atom is 0.252 e. The summed E-state index contributed by atoms with van der Waals surface area (Å²) in [6, 6.07) is 66.4. The average Bonchev–Trinajstić information content (AvgIpc) is 1.19. The second kappa shape index (κ2) is 21.0. The third kappa shape index (κ3) is 10.1. The van der Waals surface area contributed by atoms with E-state index in [2.05, 4.69) is 338 Å². The van der Waals surface area contributed by atoms with Gasteiger partial charge in [0.15, 0.2) is 0 Å². The van der Waals surface area contributed by atoms with Gasteiger partial charge in [0, 0.05) is 56.4 Å². The maximum atomic E-state index is 2.81. The molecule has 0 fully saturated rings. The molecule has 0 amide bonds. The van der Waals surface area contributed by atoms with Crippen LogP contribution in [0.15, 0.2) is 164 Å². The molecule has 14 rings (SSSR count). The third-order valence-electron chi connectivity index (χ3n) is 23.5. The van der Waals surface area contributed by atoms with E-state index in [1.165, 1.54) is 140 Å². The van der Waals surface area contributed by atoms with Crippen molar-refractivity contribution in [2.45, 2.75) is 234 Å². The molecule has 9 aromatic rings. The van der Waals surface area contributed by atoms with Gasteiger partial charge in [0.1, 0.15) is 0 Å². The highest BCUT2D eigenvalue weighted by Gasteiger charge is 2.51. The van der Waals surface area contributed by atoms with Gasteiger partial charge in [0.2, 0.25) is 0 Å². The first kappa shape index (κ1) is 63.8. The van der Waals surface area contributed by atoms with E-state index in [1.807, 2.05) is 0 Å². The standard InChI is InChI=1S/C90H104BN3/c1-55-47-59(84(8,9)10)33-41-74(55)93-76-54-71-70(88(18,19)45-46-89(71,20)21)53-73(76)91-72-40-39-66-79(65-51-68-69(52-67(65)90(66,22)23)87(16,17)44-43-86(68,14)15)81(72)94(75-42-34-60(85(11,12)13)48-64(75)56-27-25-24-26-28-56)78-50-63(49-77(93)80(78)91)92(61-35-29-57(30-36-61)82(2,3)4)62-37-31-58(32-38-62)83(5,6)7/h24-42,47-54H,43-46H2,1-23H3. The fourth-order valence-electron chi connectivity index (χ4n) is 17.1. The number of benzene rings is 9. The van der Waals surface area contributed by atoms with Crippen molar-refractivity contribution in [1.82, 2.24) is 0 Å². The van der Waals surface area contributed by atoms with E-state index in [0.717, 1.165) is 36.3 Å². The summed E-state index contributed by atoms with van der Waals surface area (Å²) < 4.78 is 0. The fraction of sp³-hybridized carbons (Fsp3) is 0.400. The first-order chi connectivity index (χ1) is 43.8. The molecular formula is C90H104BN3. The van der Waals surface area contributed by atoms with Crippen molar-refractivity contribution in [3.05, 3.63) is 225 Å². The summed E-state index contributed by atoms with van der Waals surface area (Å²) in [5.41, 5.74) is 35.0. The van der Waals surface area contributed by atoms with Gasteiger partial charge in [-0.3, -0.25) is 0 Å². The van der Waals surface area contributed by atoms with Gasteiger partial charge in [-0.25, -0.2) is 0 Å². The van der Waals surface area contributed by atoms with Crippen LogP contribution < -0.4 is 31.1 Å². The Hall–Kier alpha value is -7.56. The zero-order valence-corrected chi connectivity index (χ0v) is 61.3. The summed E-state index contributed by atoms with van der Waals surface area (Å²) in [5, 5.41) is 0. The van der Waals surface area contributed by atoms with Crippen LogP contribution >= 0.6 is 0 Å². The first-order valence-electron chi connectivity index (χ1n) is 35.4. The lowest BCUT2D eigenvalue weighted by Crippen LogP contribution is -2.62. The van der Waals surface area contributed by atoms with E-state index in [-0.39, 0.29) is 55.4 Å². The van der Waals surface area contributed by atoms with E-state index < -0.39 is 0 Å². The molecule has 0 bridgehead atoms. The molecule has 0 N–H and O–H groups in total. The second-order valence-corrected chi connectivity index (χ2v) is 36.5. The number of aryl methyl sites for hydroxylation is 1. The van der Waals surface area contributed by atoms with E-state index in [4.69, 9.17) is 0 Å². The van der Waals surface area contributed by atoms with Crippen molar-refractivity contribution < 1.29 is 0 Å². The van der Waals surface area contributed by atoms with Gasteiger partial charge in [0.05, 0.1) is 11.4 Å². The maximum absolute atomic E-state index is 2.81. The van der Waals surface area contributed by atoms with Crippen LogP contribution in [0.4, 0.5) is 51.2 Å². The number of hydrogen-bond donors (Lipinski definition) is 0. The van der Waals surface area contributed by atoms with Crippen LogP contribution in [0.5, 0.6) is 0 Å². The van der Waals surface area contributed by atoms with Gasteiger partial charge in [-0.05, 0) is 231 Å². The molecule has 3 aliphatic carbocycles. The summed E-state index contributed by atoms with van der Waals surface area (Å²) in [7, 11) is 0. The molecule has 0 atom stereocenters. The normalized spacial score (nSPS) is 17.7. The van der Waals surface area contributed by atoms with Crippen molar-refractivity contribution in [1.29, 1.82) is 0 Å². The summed E-state index contributed by atoms with van der Waals surface area (Å²) in [5.74, 6) is 0. The van der Waals surface area contributed by atoms with Crippen LogP contribution in [-0.2, 0) is 48.7 Å². The minimum Gasteiger partial charge on any atom is -0.311 e. The SMILES string of the molecule is Cc1cc(C(C)(C)C)ccc1N1c2cc3c(cc2B2c4ccc5c(c4N(c4ccc(C(C)(C)C)cc4-c4ccccc4)c4cc(N(c6ccc(C(C)(C)C)cc6)c6ccc(C(C)(C)C)cc6)cc1c42)-c1cc2c(cc1C5(C)C)C(C)(C)CCC2(C)C)C(C)(C)CCC3(C)C. The summed E-state index contributed by atoms with van der Waals surface area (Å²) in [6.45, 7) is 55.5. The minimum atomic E-state index is -0.286. The van der Waals surface area contributed by atoms with Gasteiger partial charge in [0.25, 0.3) is 6.71 Å². The molecule has 0 saturated heterocycles. The minimum absolute atomic E-state index is 0.00919. The Morgan fingerprint density at radius 2 is 0.809 bits per heavy atom. The molecule has 4 heteroatoms. The van der Waals surface area contributed by atoms with Crippen LogP contribution in [0.1, 0.15) is 239 Å². The highest BCUT2D eigenvalue weighted by Crippen LogP contribution is 2.61. The monoisotopic (exact) mass is 1240 g/mol.